The molecule has 0 aromatic heterocycles. The Morgan fingerprint density at radius 3 is 1.32 bits per heavy atom. The third kappa shape index (κ3) is 9.71. The largest absolute Gasteiger partial charge is 0.772 e. The van der Waals surface area contributed by atoms with Gasteiger partial charge in [0.15, 0.2) is 0 Å². The van der Waals surface area contributed by atoms with E-state index in [0.29, 0.717) is 32.1 Å². The molecule has 6 heteroatoms. The molecule has 0 radical (unpaired) electrons. The van der Waals surface area contributed by atoms with E-state index in [1.54, 1.807) is 0 Å². The minimum absolute atomic E-state index is 0.313. The summed E-state index contributed by atoms with van der Waals surface area (Å²) >= 11 is -4.08. The zero-order valence-electron chi connectivity index (χ0n) is 12.0. The lowest BCUT2D eigenvalue weighted by Crippen LogP contribution is -2.18. The second-order valence-corrected chi connectivity index (χ2v) is 7.36. The zero-order valence-corrected chi connectivity index (χ0v) is 13.6. The SMILES string of the molecule is CCCCC(CCCC(CCCC)S(=O)[O-])S(=O)[O-]. The van der Waals surface area contributed by atoms with Crippen molar-refractivity contribution >= 4 is 22.2 Å². The van der Waals surface area contributed by atoms with Gasteiger partial charge in [-0.2, -0.15) is 0 Å². The van der Waals surface area contributed by atoms with Crippen molar-refractivity contribution in [2.24, 2.45) is 0 Å². The van der Waals surface area contributed by atoms with Gasteiger partial charge in [0.25, 0.3) is 0 Å². The van der Waals surface area contributed by atoms with Crippen LogP contribution < -0.4 is 0 Å². The molecule has 0 heterocycles. The second kappa shape index (κ2) is 12.0. The first kappa shape index (κ1) is 19.2. The van der Waals surface area contributed by atoms with E-state index in [2.05, 4.69) is 0 Å². The second-order valence-electron chi connectivity index (χ2n) is 4.98. The Bertz CT molecular complexity index is 245. The Kier molecular flexibility index (Phi) is 12.1. The Labute approximate surface area is 122 Å². The van der Waals surface area contributed by atoms with Crippen LogP contribution in [0.5, 0.6) is 0 Å². The van der Waals surface area contributed by atoms with Crippen molar-refractivity contribution in [3.05, 3.63) is 0 Å². The summed E-state index contributed by atoms with van der Waals surface area (Å²) in [7, 11) is 0. The maximum absolute atomic E-state index is 11.1. The van der Waals surface area contributed by atoms with Gasteiger partial charge < -0.3 is 9.11 Å². The molecule has 116 valence electrons. The molecule has 0 aromatic carbocycles. The summed E-state index contributed by atoms with van der Waals surface area (Å²) in [5.41, 5.74) is 0. The topological polar surface area (TPSA) is 80.3 Å². The van der Waals surface area contributed by atoms with Gasteiger partial charge in [0.2, 0.25) is 0 Å². The van der Waals surface area contributed by atoms with E-state index in [4.69, 9.17) is 0 Å². The Morgan fingerprint density at radius 1 is 0.737 bits per heavy atom. The summed E-state index contributed by atoms with van der Waals surface area (Å²) in [6.45, 7) is 4.07. The highest BCUT2D eigenvalue weighted by Gasteiger charge is 2.12. The van der Waals surface area contributed by atoms with Gasteiger partial charge in [0.1, 0.15) is 0 Å². The van der Waals surface area contributed by atoms with Crippen LogP contribution >= 0.6 is 0 Å². The van der Waals surface area contributed by atoms with E-state index in [1.165, 1.54) is 0 Å². The highest BCUT2D eigenvalue weighted by atomic mass is 32.2. The van der Waals surface area contributed by atoms with Gasteiger partial charge in [-0.1, -0.05) is 68.1 Å². The average molecular weight is 310 g/mol. The van der Waals surface area contributed by atoms with E-state index in [9.17, 15) is 17.5 Å². The average Bonchev–Trinajstić information content (AvgIpc) is 2.36. The van der Waals surface area contributed by atoms with Crippen LogP contribution in [0.25, 0.3) is 0 Å². The predicted octanol–water partition coefficient (Wildman–Crippen LogP) is 3.03. The first-order valence-corrected chi connectivity index (χ1v) is 9.46. The van der Waals surface area contributed by atoms with Gasteiger partial charge in [-0.3, -0.25) is 8.42 Å². The van der Waals surface area contributed by atoms with Crippen LogP contribution in [0.4, 0.5) is 0 Å². The summed E-state index contributed by atoms with van der Waals surface area (Å²) in [5, 5.41) is -0.626. The van der Waals surface area contributed by atoms with Crippen molar-refractivity contribution in [3.8, 4) is 0 Å². The molecule has 4 nitrogen and oxygen atoms in total. The lowest BCUT2D eigenvalue weighted by molar-refractivity contribution is 0.478. The molecule has 0 aliphatic heterocycles. The molecule has 4 unspecified atom stereocenters. The third-order valence-electron chi connectivity index (χ3n) is 3.36. The summed E-state index contributed by atoms with van der Waals surface area (Å²) in [4.78, 5) is 0. The first-order valence-electron chi connectivity index (χ1n) is 7.19. The monoisotopic (exact) mass is 310 g/mol. The van der Waals surface area contributed by atoms with Gasteiger partial charge in [-0.25, -0.2) is 0 Å². The van der Waals surface area contributed by atoms with Crippen LogP contribution in [0.15, 0.2) is 0 Å². The van der Waals surface area contributed by atoms with E-state index in [0.717, 1.165) is 25.7 Å². The molecule has 0 aliphatic carbocycles. The van der Waals surface area contributed by atoms with Gasteiger partial charge in [0.05, 0.1) is 0 Å². The highest BCUT2D eigenvalue weighted by Crippen LogP contribution is 2.18. The summed E-state index contributed by atoms with van der Waals surface area (Å²) in [6.07, 6.45) is 6.99. The van der Waals surface area contributed by atoms with Crippen molar-refractivity contribution < 1.29 is 17.5 Å². The smallest absolute Gasteiger partial charge is 0.0215 e. The lowest BCUT2D eigenvalue weighted by atomic mass is 10.1. The molecule has 0 bridgehead atoms. The number of hydrogen-bond donors (Lipinski definition) is 0. The maximum Gasteiger partial charge on any atom is 0.0215 e. The molecule has 0 amide bonds. The molecule has 0 fully saturated rings. The molecule has 0 N–H and O–H groups in total. The molecule has 0 aliphatic rings. The quantitative estimate of drug-likeness (QED) is 0.519. The van der Waals surface area contributed by atoms with Crippen LogP contribution in [-0.4, -0.2) is 28.0 Å². The van der Waals surface area contributed by atoms with Crippen molar-refractivity contribution in [2.75, 3.05) is 0 Å². The predicted molar refractivity (Wildman–Crippen MR) is 78.3 cm³/mol. The molecule has 19 heavy (non-hydrogen) atoms. The first-order chi connectivity index (χ1) is 9.02. The van der Waals surface area contributed by atoms with Crippen LogP contribution in [0.2, 0.25) is 0 Å². The summed E-state index contributed by atoms with van der Waals surface area (Å²) in [5.74, 6) is 0. The molecule has 4 atom stereocenters. The van der Waals surface area contributed by atoms with Crippen molar-refractivity contribution in [3.63, 3.8) is 0 Å². The third-order valence-corrected chi connectivity index (χ3v) is 5.39. The summed E-state index contributed by atoms with van der Waals surface area (Å²) in [6, 6.07) is 0. The lowest BCUT2D eigenvalue weighted by Gasteiger charge is -2.22. The van der Waals surface area contributed by atoms with Crippen LogP contribution in [0, 0.1) is 0 Å². The zero-order chi connectivity index (χ0) is 14.7. The van der Waals surface area contributed by atoms with E-state index in [-0.39, 0.29) is 10.5 Å². The normalized spacial score (nSPS) is 17.9. The maximum atomic E-state index is 11.1. The van der Waals surface area contributed by atoms with E-state index < -0.39 is 22.2 Å². The summed E-state index contributed by atoms with van der Waals surface area (Å²) < 4.78 is 44.3. The minimum atomic E-state index is -2.04. The Morgan fingerprint density at radius 2 is 1.05 bits per heavy atom. The fourth-order valence-corrected chi connectivity index (χ4v) is 3.55. The van der Waals surface area contributed by atoms with Crippen LogP contribution in [0.1, 0.15) is 71.6 Å². The van der Waals surface area contributed by atoms with Gasteiger partial charge in [-0.05, 0) is 25.7 Å². The standard InChI is InChI=1S/C13H28O4S2/c1-3-5-8-12(18(14)15)10-7-11-13(19(16)17)9-6-4-2/h12-13H,3-11H2,1-2H3,(H,14,15)(H,16,17)/p-2. The van der Waals surface area contributed by atoms with E-state index in [1.807, 2.05) is 13.8 Å². The number of hydrogen-bond acceptors (Lipinski definition) is 4. The Hall–Kier alpha value is 0.220. The molecule has 0 saturated heterocycles. The van der Waals surface area contributed by atoms with Gasteiger partial charge in [0, 0.05) is 10.5 Å². The van der Waals surface area contributed by atoms with Crippen molar-refractivity contribution in [1.82, 2.24) is 0 Å². The highest BCUT2D eigenvalue weighted by molar-refractivity contribution is 7.80. The van der Waals surface area contributed by atoms with Crippen molar-refractivity contribution in [1.29, 1.82) is 0 Å². The molecule has 0 spiro atoms. The molecule has 0 rings (SSSR count). The van der Waals surface area contributed by atoms with Gasteiger partial charge >= 0.3 is 0 Å². The van der Waals surface area contributed by atoms with E-state index >= 15 is 0 Å². The molecule has 0 aromatic rings. The van der Waals surface area contributed by atoms with Crippen molar-refractivity contribution in [2.45, 2.75) is 82.1 Å². The van der Waals surface area contributed by atoms with Crippen LogP contribution in [0.3, 0.4) is 0 Å². The van der Waals surface area contributed by atoms with Crippen LogP contribution in [-0.2, 0) is 22.2 Å². The van der Waals surface area contributed by atoms with Gasteiger partial charge in [-0.15, -0.1) is 0 Å². The molecular formula is C13H26O4S2-2. The number of unbranched alkanes of at least 4 members (excludes halogenated alkanes) is 2. The minimum Gasteiger partial charge on any atom is -0.772 e. The fraction of sp³-hybridized carbons (Fsp3) is 1.00. The fourth-order valence-electron chi connectivity index (χ4n) is 2.11. The Balaban J connectivity index is 4.05. The number of rotatable bonds is 12. The molecular weight excluding hydrogens is 284 g/mol. The molecule has 0 saturated carbocycles.